The van der Waals surface area contributed by atoms with Crippen LogP contribution in [0.25, 0.3) is 0 Å². The number of hydrogen-bond donors (Lipinski definition) is 0. The van der Waals surface area contributed by atoms with Crippen molar-refractivity contribution in [3.05, 3.63) is 52.6 Å². The minimum absolute atomic E-state index is 0. The van der Waals surface area contributed by atoms with Gasteiger partial charge in [-0.25, -0.2) is 0 Å². The van der Waals surface area contributed by atoms with E-state index < -0.39 is 0 Å². The number of rotatable bonds is 11. The molecular weight excluding hydrogens is 374 g/mol. The summed E-state index contributed by atoms with van der Waals surface area (Å²) in [5.74, 6) is 1.58. The third-order valence-electron chi connectivity index (χ3n) is 4.63. The van der Waals surface area contributed by atoms with Gasteiger partial charge in [-0.1, -0.05) is 44.4 Å². The Hall–Kier alpha value is -1.26. The van der Waals surface area contributed by atoms with Crippen LogP contribution in [-0.4, -0.2) is 37.6 Å². The standard InChI is InChI=1S/C24H33O3P.Li.H/c1-6-8-12-26-20-10-11-22(21(16-20)27-13-9-7-2)28-24(25)23-18(4)14-17(3)15-19(23)5;;/h10-11,14-16,28H,6-9,12-13H2,1-5H3;;. The summed E-state index contributed by atoms with van der Waals surface area (Å²) in [4.78, 5) is 13.1. The molecule has 1 atom stereocenters. The molecule has 0 N–H and O–H groups in total. The van der Waals surface area contributed by atoms with Crippen molar-refractivity contribution in [1.82, 2.24) is 0 Å². The fraction of sp³-hybridized carbons (Fsp3) is 0.458. The van der Waals surface area contributed by atoms with Crippen molar-refractivity contribution in [3.63, 3.8) is 0 Å². The van der Waals surface area contributed by atoms with Gasteiger partial charge in [0.05, 0.1) is 13.2 Å². The van der Waals surface area contributed by atoms with Gasteiger partial charge in [-0.15, -0.1) is 0 Å². The number of aryl methyl sites for hydroxylation is 3. The van der Waals surface area contributed by atoms with Crippen LogP contribution in [0.1, 0.15) is 66.6 Å². The van der Waals surface area contributed by atoms with Crippen LogP contribution in [0, 0.1) is 20.8 Å². The Kier molecular flexibility index (Phi) is 11.7. The van der Waals surface area contributed by atoms with E-state index in [4.69, 9.17) is 9.47 Å². The van der Waals surface area contributed by atoms with Gasteiger partial charge in [0.1, 0.15) is 11.5 Å². The molecule has 5 heteroatoms. The van der Waals surface area contributed by atoms with Crippen molar-refractivity contribution >= 4 is 38.3 Å². The van der Waals surface area contributed by atoms with Crippen LogP contribution in [0.3, 0.4) is 0 Å². The van der Waals surface area contributed by atoms with Crippen LogP contribution in [-0.2, 0) is 0 Å². The van der Waals surface area contributed by atoms with Gasteiger partial charge in [0.15, 0.2) is 5.52 Å². The molecule has 0 saturated carbocycles. The second-order valence-corrected chi connectivity index (χ2v) is 8.53. The van der Waals surface area contributed by atoms with Crippen LogP contribution < -0.4 is 14.8 Å². The first-order valence-electron chi connectivity index (χ1n) is 10.2. The summed E-state index contributed by atoms with van der Waals surface area (Å²) in [5.41, 5.74) is 4.28. The van der Waals surface area contributed by atoms with E-state index in [-0.39, 0.29) is 33.0 Å². The first-order valence-corrected chi connectivity index (χ1v) is 11.2. The average Bonchev–Trinajstić information content (AvgIpc) is 2.63. The molecule has 0 spiro atoms. The number of carbonyl (C=O) groups excluding carboxylic acids is 1. The summed E-state index contributed by atoms with van der Waals surface area (Å²) in [5, 5.41) is 0.948. The number of benzene rings is 2. The van der Waals surface area contributed by atoms with E-state index in [2.05, 4.69) is 32.9 Å². The first-order chi connectivity index (χ1) is 13.5. The van der Waals surface area contributed by atoms with Crippen LogP contribution in [0.2, 0.25) is 0 Å². The molecule has 29 heavy (non-hydrogen) atoms. The Morgan fingerprint density at radius 1 is 0.897 bits per heavy atom. The molecule has 0 amide bonds. The number of carbonyl (C=O) groups is 1. The summed E-state index contributed by atoms with van der Waals surface area (Å²) in [6.45, 7) is 11.7. The van der Waals surface area contributed by atoms with Crippen LogP contribution in [0.4, 0.5) is 0 Å². The molecule has 0 aliphatic heterocycles. The predicted octanol–water partition coefficient (Wildman–Crippen LogP) is 5.47. The number of hydrogen-bond acceptors (Lipinski definition) is 3. The van der Waals surface area contributed by atoms with Crippen molar-refractivity contribution in [2.75, 3.05) is 13.2 Å². The van der Waals surface area contributed by atoms with Gasteiger partial charge < -0.3 is 9.47 Å². The quantitative estimate of drug-likeness (QED) is 0.281. The Morgan fingerprint density at radius 2 is 1.48 bits per heavy atom. The van der Waals surface area contributed by atoms with Crippen molar-refractivity contribution in [3.8, 4) is 11.5 Å². The molecule has 0 aliphatic carbocycles. The second-order valence-electron chi connectivity index (χ2n) is 7.29. The van der Waals surface area contributed by atoms with Crippen molar-refractivity contribution in [2.24, 2.45) is 0 Å². The molecule has 2 aromatic carbocycles. The maximum absolute atomic E-state index is 13.1. The maximum atomic E-state index is 13.1. The Balaban J connectivity index is 0.00000420. The van der Waals surface area contributed by atoms with Crippen LogP contribution >= 0.6 is 8.58 Å². The second kappa shape index (κ2) is 13.1. The van der Waals surface area contributed by atoms with Crippen LogP contribution in [0.15, 0.2) is 30.3 Å². The zero-order chi connectivity index (χ0) is 20.5. The topological polar surface area (TPSA) is 35.5 Å². The van der Waals surface area contributed by atoms with E-state index in [1.807, 2.05) is 32.0 Å². The molecule has 2 aromatic rings. The molecule has 0 saturated heterocycles. The summed E-state index contributed by atoms with van der Waals surface area (Å²) < 4.78 is 11.8. The van der Waals surface area contributed by atoms with Crippen molar-refractivity contribution < 1.29 is 14.3 Å². The molecule has 0 heterocycles. The molecule has 0 aromatic heterocycles. The van der Waals surface area contributed by atoms with Gasteiger partial charge in [-0.3, -0.25) is 4.79 Å². The third-order valence-corrected chi connectivity index (χ3v) is 5.79. The number of unbranched alkanes of at least 4 members (excludes halogenated alkanes) is 2. The van der Waals surface area contributed by atoms with Gasteiger partial charge in [-0.05, 0) is 65.5 Å². The summed E-state index contributed by atoms with van der Waals surface area (Å²) in [6, 6.07) is 10.0. The van der Waals surface area contributed by atoms with E-state index in [9.17, 15) is 4.79 Å². The zero-order valence-electron chi connectivity index (χ0n) is 17.9. The zero-order valence-corrected chi connectivity index (χ0v) is 18.9. The van der Waals surface area contributed by atoms with E-state index in [1.54, 1.807) is 0 Å². The third kappa shape index (κ3) is 7.82. The molecular formula is C24H34LiO3P. The predicted molar refractivity (Wildman–Crippen MR) is 127 cm³/mol. The molecule has 3 nitrogen and oxygen atoms in total. The monoisotopic (exact) mass is 408 g/mol. The van der Waals surface area contributed by atoms with Crippen molar-refractivity contribution in [1.29, 1.82) is 0 Å². The first kappa shape index (κ1) is 25.8. The van der Waals surface area contributed by atoms with Gasteiger partial charge in [-0.2, -0.15) is 0 Å². The molecule has 0 radical (unpaired) electrons. The number of ether oxygens (including phenoxy) is 2. The summed E-state index contributed by atoms with van der Waals surface area (Å²) >= 11 is 0. The molecule has 0 aliphatic rings. The molecule has 154 valence electrons. The molecule has 0 bridgehead atoms. The fourth-order valence-electron chi connectivity index (χ4n) is 3.20. The van der Waals surface area contributed by atoms with Crippen LogP contribution in [0.5, 0.6) is 11.5 Å². The Bertz CT molecular complexity index is 782. The summed E-state index contributed by atoms with van der Waals surface area (Å²) in [7, 11) is 0.0353. The molecule has 1 unspecified atom stereocenters. The summed E-state index contributed by atoms with van der Waals surface area (Å²) in [6.07, 6.45) is 4.20. The Morgan fingerprint density at radius 3 is 2.07 bits per heavy atom. The van der Waals surface area contributed by atoms with Gasteiger partial charge in [0, 0.05) is 16.9 Å². The fourth-order valence-corrected chi connectivity index (χ4v) is 4.40. The minimum atomic E-state index is 0. The van der Waals surface area contributed by atoms with E-state index in [0.717, 1.165) is 59.2 Å². The van der Waals surface area contributed by atoms with Gasteiger partial charge in [0.25, 0.3) is 0 Å². The van der Waals surface area contributed by atoms with Gasteiger partial charge >= 0.3 is 18.9 Å². The Labute approximate surface area is 189 Å². The average molecular weight is 408 g/mol. The normalized spacial score (nSPS) is 10.8. The molecule has 0 fully saturated rings. The van der Waals surface area contributed by atoms with E-state index in [0.29, 0.717) is 13.2 Å². The van der Waals surface area contributed by atoms with E-state index in [1.165, 1.54) is 5.56 Å². The van der Waals surface area contributed by atoms with Gasteiger partial charge in [0.2, 0.25) is 0 Å². The van der Waals surface area contributed by atoms with E-state index >= 15 is 0 Å². The molecule has 2 rings (SSSR count). The SMILES string of the molecule is CCCCOc1ccc(PC(=O)c2c(C)cc(C)cc2C)c(OCCCC)c1.[LiH]. The van der Waals surface area contributed by atoms with Crippen molar-refractivity contribution in [2.45, 2.75) is 60.3 Å².